The van der Waals surface area contributed by atoms with Crippen molar-refractivity contribution in [2.24, 2.45) is 5.92 Å². The topological polar surface area (TPSA) is 74.7 Å². The number of fused-ring (bicyclic) bond motifs is 1. The maximum Gasteiger partial charge on any atom is 0.276 e. The number of hydrogen-bond donors (Lipinski definition) is 2. The summed E-state index contributed by atoms with van der Waals surface area (Å²) < 4.78 is 5.26. The maximum absolute atomic E-state index is 11.5. The molecule has 3 rings (SSSR count). The van der Waals surface area contributed by atoms with E-state index in [-0.39, 0.29) is 0 Å². The highest BCUT2D eigenvalue weighted by Crippen LogP contribution is 2.26. The Balaban J connectivity index is 1.79. The Kier molecular flexibility index (Phi) is 4.19. The van der Waals surface area contributed by atoms with E-state index >= 15 is 0 Å². The van der Waals surface area contributed by atoms with Crippen LogP contribution in [0, 0.1) is 5.92 Å². The van der Waals surface area contributed by atoms with E-state index in [0.717, 1.165) is 50.4 Å². The van der Waals surface area contributed by atoms with Gasteiger partial charge in [-0.15, -0.1) is 0 Å². The van der Waals surface area contributed by atoms with E-state index in [9.17, 15) is 4.79 Å². The van der Waals surface area contributed by atoms with E-state index in [4.69, 9.17) is 9.94 Å². The van der Waals surface area contributed by atoms with Gasteiger partial charge in [-0.3, -0.25) is 19.9 Å². The lowest BCUT2D eigenvalue weighted by Crippen LogP contribution is -2.47. The minimum atomic E-state index is -0.512. The number of nitrogens with one attached hydrogen (secondary N) is 1. The van der Waals surface area contributed by atoms with Gasteiger partial charge in [0, 0.05) is 43.4 Å². The predicted octanol–water partition coefficient (Wildman–Crippen LogP) is 0.984. The highest BCUT2D eigenvalue weighted by molar-refractivity contribution is 5.93. The molecule has 0 radical (unpaired) electrons. The largest absolute Gasteiger partial charge is 0.381 e. The predicted molar refractivity (Wildman–Crippen MR) is 76.0 cm³/mol. The molecule has 1 saturated heterocycles. The van der Waals surface area contributed by atoms with Crippen molar-refractivity contribution < 1.29 is 14.7 Å². The molecule has 21 heavy (non-hydrogen) atoms. The fraction of sp³-hybridized carbons (Fsp3) is 0.600. The van der Waals surface area contributed by atoms with E-state index in [0.29, 0.717) is 17.5 Å². The molecule has 1 amide bonds. The van der Waals surface area contributed by atoms with Crippen LogP contribution in [0.1, 0.15) is 35.0 Å². The van der Waals surface area contributed by atoms with Crippen molar-refractivity contribution in [3.63, 3.8) is 0 Å². The van der Waals surface area contributed by atoms with Crippen molar-refractivity contribution in [1.82, 2.24) is 15.4 Å². The van der Waals surface area contributed by atoms with Gasteiger partial charge in [0.2, 0.25) is 0 Å². The summed E-state index contributed by atoms with van der Waals surface area (Å²) in [6, 6.07) is 2.34. The number of hydroxylamine groups is 1. The molecule has 1 fully saturated rings. The Morgan fingerprint density at radius 3 is 3.00 bits per heavy atom. The lowest BCUT2D eigenvalue weighted by atomic mass is 9.94. The number of aromatic nitrogens is 1. The third-order valence-electron chi connectivity index (χ3n) is 4.41. The van der Waals surface area contributed by atoms with Crippen LogP contribution in [0.15, 0.2) is 12.3 Å². The second-order valence-corrected chi connectivity index (χ2v) is 5.87. The molecule has 0 aliphatic carbocycles. The third-order valence-corrected chi connectivity index (χ3v) is 4.41. The molecule has 3 heterocycles. The van der Waals surface area contributed by atoms with Crippen molar-refractivity contribution in [2.45, 2.75) is 32.4 Å². The molecule has 0 bridgehead atoms. The molecule has 6 nitrogen and oxygen atoms in total. The van der Waals surface area contributed by atoms with Gasteiger partial charge in [-0.25, -0.2) is 5.48 Å². The summed E-state index contributed by atoms with van der Waals surface area (Å²) in [5.41, 5.74) is 4.21. The Morgan fingerprint density at radius 1 is 1.57 bits per heavy atom. The number of carbonyl (C=O) groups is 1. The number of pyridine rings is 1. The first kappa shape index (κ1) is 14.4. The molecular formula is C15H21N3O3. The molecule has 0 aromatic carbocycles. The highest BCUT2D eigenvalue weighted by atomic mass is 16.5. The quantitative estimate of drug-likeness (QED) is 0.639. The molecule has 2 aliphatic rings. The second kappa shape index (κ2) is 6.09. The third kappa shape index (κ3) is 2.92. The molecule has 114 valence electrons. The van der Waals surface area contributed by atoms with Crippen LogP contribution in [0.4, 0.5) is 0 Å². The Morgan fingerprint density at radius 2 is 2.38 bits per heavy atom. The number of ether oxygens (including phenoxy) is 1. The monoisotopic (exact) mass is 291 g/mol. The zero-order valence-electron chi connectivity index (χ0n) is 12.2. The second-order valence-electron chi connectivity index (χ2n) is 5.87. The minimum absolute atomic E-state index is 0.401. The number of rotatable bonds is 4. The summed E-state index contributed by atoms with van der Waals surface area (Å²) in [6.07, 6.45) is 3.54. The van der Waals surface area contributed by atoms with Crippen molar-refractivity contribution in [2.75, 3.05) is 19.8 Å². The molecule has 2 N–H and O–H groups in total. The highest BCUT2D eigenvalue weighted by Gasteiger charge is 2.30. The normalized spacial score (nSPS) is 22.5. The standard InChI is InChI=1S/C15H21N3O3/c1-2-13-4-14-12(3-11(5-16-14)15(19)17-20)7-18(13)6-10-8-21-9-10/h3,5,10,13,20H,2,4,6-9H2,1H3,(H,17,19)/t13-/m0/s1. The van der Waals surface area contributed by atoms with Gasteiger partial charge in [-0.1, -0.05) is 6.92 Å². The SMILES string of the molecule is CC[C@H]1Cc2ncc(C(=O)NO)cc2CN1CC1COC1. The fourth-order valence-corrected chi connectivity index (χ4v) is 3.09. The van der Waals surface area contributed by atoms with Crippen LogP contribution in [0.3, 0.4) is 0 Å². The van der Waals surface area contributed by atoms with Crippen molar-refractivity contribution in [3.05, 3.63) is 29.1 Å². The average Bonchev–Trinajstić information content (AvgIpc) is 2.48. The fourth-order valence-electron chi connectivity index (χ4n) is 3.09. The summed E-state index contributed by atoms with van der Waals surface area (Å²) >= 11 is 0. The summed E-state index contributed by atoms with van der Waals surface area (Å²) in [4.78, 5) is 18.4. The van der Waals surface area contributed by atoms with Crippen molar-refractivity contribution >= 4 is 5.91 Å². The van der Waals surface area contributed by atoms with E-state index in [1.165, 1.54) is 6.20 Å². The molecule has 1 atom stereocenters. The molecule has 0 unspecified atom stereocenters. The van der Waals surface area contributed by atoms with E-state index in [1.807, 2.05) is 6.07 Å². The minimum Gasteiger partial charge on any atom is -0.381 e. The van der Waals surface area contributed by atoms with E-state index in [2.05, 4.69) is 16.8 Å². The van der Waals surface area contributed by atoms with Gasteiger partial charge in [0.1, 0.15) is 0 Å². The molecule has 2 aliphatic heterocycles. The molecular weight excluding hydrogens is 270 g/mol. The Hall–Kier alpha value is -1.50. The summed E-state index contributed by atoms with van der Waals surface area (Å²) in [7, 11) is 0. The molecule has 6 heteroatoms. The van der Waals surface area contributed by atoms with Crippen LogP contribution in [0.2, 0.25) is 0 Å². The summed E-state index contributed by atoms with van der Waals surface area (Å²) in [6.45, 7) is 5.75. The van der Waals surface area contributed by atoms with Gasteiger partial charge in [0.05, 0.1) is 18.8 Å². The zero-order valence-corrected chi connectivity index (χ0v) is 12.2. The van der Waals surface area contributed by atoms with Gasteiger partial charge >= 0.3 is 0 Å². The number of hydrogen-bond acceptors (Lipinski definition) is 5. The van der Waals surface area contributed by atoms with Crippen LogP contribution < -0.4 is 5.48 Å². The van der Waals surface area contributed by atoms with E-state index in [1.54, 1.807) is 5.48 Å². The van der Waals surface area contributed by atoms with Gasteiger partial charge in [-0.2, -0.15) is 0 Å². The van der Waals surface area contributed by atoms with Crippen molar-refractivity contribution in [3.8, 4) is 0 Å². The molecule has 0 spiro atoms. The van der Waals surface area contributed by atoms with Crippen LogP contribution >= 0.6 is 0 Å². The Bertz CT molecular complexity index is 531. The van der Waals surface area contributed by atoms with Gasteiger partial charge in [0.25, 0.3) is 5.91 Å². The lowest BCUT2D eigenvalue weighted by molar-refractivity contribution is -0.0544. The number of amides is 1. The molecule has 0 saturated carbocycles. The summed E-state index contributed by atoms with van der Waals surface area (Å²) in [5.74, 6) is 0.111. The average molecular weight is 291 g/mol. The van der Waals surface area contributed by atoms with Crippen LogP contribution in [0.5, 0.6) is 0 Å². The lowest BCUT2D eigenvalue weighted by Gasteiger charge is -2.40. The van der Waals surface area contributed by atoms with Gasteiger partial charge in [0.15, 0.2) is 0 Å². The van der Waals surface area contributed by atoms with Crippen LogP contribution in [0.25, 0.3) is 0 Å². The first-order chi connectivity index (χ1) is 10.2. The van der Waals surface area contributed by atoms with Gasteiger partial charge in [-0.05, 0) is 18.1 Å². The van der Waals surface area contributed by atoms with Crippen LogP contribution in [-0.2, 0) is 17.7 Å². The number of carbonyl (C=O) groups excluding carboxylic acids is 1. The van der Waals surface area contributed by atoms with E-state index < -0.39 is 5.91 Å². The molecule has 1 aromatic rings. The van der Waals surface area contributed by atoms with Crippen LogP contribution in [-0.4, -0.2) is 46.8 Å². The zero-order chi connectivity index (χ0) is 14.8. The van der Waals surface area contributed by atoms with Gasteiger partial charge < -0.3 is 4.74 Å². The first-order valence-electron chi connectivity index (χ1n) is 7.45. The smallest absolute Gasteiger partial charge is 0.276 e. The Labute approximate surface area is 124 Å². The molecule has 1 aromatic heterocycles. The number of nitrogens with zero attached hydrogens (tertiary/aromatic N) is 2. The maximum atomic E-state index is 11.5. The summed E-state index contributed by atoms with van der Waals surface area (Å²) in [5, 5.41) is 8.73. The van der Waals surface area contributed by atoms with Crippen molar-refractivity contribution in [1.29, 1.82) is 0 Å². The first-order valence-corrected chi connectivity index (χ1v) is 7.45.